The molecule has 26 heavy (non-hydrogen) atoms. The van der Waals surface area contributed by atoms with Crippen molar-refractivity contribution in [2.45, 2.75) is 45.1 Å². The number of rotatable bonds is 6. The van der Waals surface area contributed by atoms with Crippen molar-refractivity contribution in [2.75, 3.05) is 26.0 Å². The molecule has 0 bridgehead atoms. The Hall–Kier alpha value is -1.46. The van der Waals surface area contributed by atoms with Crippen LogP contribution in [0.15, 0.2) is 28.9 Å². The number of fused-ring (bicyclic) bond motifs is 1. The summed E-state index contributed by atoms with van der Waals surface area (Å²) in [5.41, 5.74) is 3.05. The van der Waals surface area contributed by atoms with Gasteiger partial charge in [0.15, 0.2) is 0 Å². The molecule has 0 saturated heterocycles. The molecule has 0 atom stereocenters. The van der Waals surface area contributed by atoms with Crippen molar-refractivity contribution in [1.82, 2.24) is 9.88 Å². The minimum atomic E-state index is 0.166. The molecule has 0 amide bonds. The fourth-order valence-corrected chi connectivity index (χ4v) is 4.35. The van der Waals surface area contributed by atoms with Gasteiger partial charge in [-0.05, 0) is 70.8 Å². The topological polar surface area (TPSA) is 45.2 Å². The van der Waals surface area contributed by atoms with Gasteiger partial charge < -0.3 is 10.2 Å². The zero-order valence-electron chi connectivity index (χ0n) is 15.9. The molecule has 0 unspecified atom stereocenters. The molecule has 1 aliphatic carbocycles. The Morgan fingerprint density at radius 3 is 2.65 bits per heavy atom. The highest BCUT2D eigenvalue weighted by molar-refractivity contribution is 9.10. The predicted octanol–water partition coefficient (Wildman–Crippen LogP) is 4.66. The molecule has 0 aliphatic heterocycles. The molecule has 1 saturated carbocycles. The van der Waals surface area contributed by atoms with Crippen LogP contribution in [-0.2, 0) is 11.2 Å². The Morgan fingerprint density at radius 1 is 1.27 bits per heavy atom. The first kappa shape index (κ1) is 19.3. The van der Waals surface area contributed by atoms with Crippen molar-refractivity contribution in [3.05, 3.63) is 34.4 Å². The molecule has 1 N–H and O–H groups in total. The van der Waals surface area contributed by atoms with Crippen LogP contribution in [0.25, 0.3) is 10.9 Å². The highest BCUT2D eigenvalue weighted by Crippen LogP contribution is 2.33. The fourth-order valence-electron chi connectivity index (χ4n) is 3.99. The number of Topliss-reactive ketones (excluding diaryl/α,β-unsaturated/α-hetero) is 1. The van der Waals surface area contributed by atoms with Crippen LogP contribution in [-0.4, -0.2) is 42.3 Å². The van der Waals surface area contributed by atoms with E-state index in [1.807, 2.05) is 18.3 Å². The van der Waals surface area contributed by atoms with Crippen LogP contribution in [0.1, 0.15) is 38.2 Å². The first-order valence-corrected chi connectivity index (χ1v) is 10.2. The first-order valence-electron chi connectivity index (χ1n) is 9.40. The molecule has 1 aromatic carbocycles. The van der Waals surface area contributed by atoms with E-state index in [4.69, 9.17) is 0 Å². The van der Waals surface area contributed by atoms with Gasteiger partial charge in [0.05, 0.1) is 5.52 Å². The molecule has 4 nitrogen and oxygen atoms in total. The Balaban J connectivity index is 1.83. The van der Waals surface area contributed by atoms with Gasteiger partial charge in [-0.1, -0.05) is 15.9 Å². The quantitative estimate of drug-likeness (QED) is 0.741. The molecule has 1 heterocycles. The van der Waals surface area contributed by atoms with Crippen LogP contribution < -0.4 is 5.32 Å². The van der Waals surface area contributed by atoms with Crippen molar-refractivity contribution in [3.8, 4) is 0 Å². The second kappa shape index (κ2) is 8.49. The monoisotopic (exact) mass is 417 g/mol. The summed E-state index contributed by atoms with van der Waals surface area (Å²) in [5, 5.41) is 4.86. The van der Waals surface area contributed by atoms with Crippen molar-refractivity contribution in [1.29, 1.82) is 0 Å². The van der Waals surface area contributed by atoms with E-state index in [0.29, 0.717) is 12.5 Å². The Bertz CT molecular complexity index is 782. The number of benzene rings is 1. The van der Waals surface area contributed by atoms with Gasteiger partial charge in [-0.25, -0.2) is 0 Å². The molecule has 3 rings (SSSR count). The Morgan fingerprint density at radius 2 is 2.00 bits per heavy atom. The number of ketones is 1. The number of aromatic nitrogens is 1. The molecular weight excluding hydrogens is 390 g/mol. The third-order valence-electron chi connectivity index (χ3n) is 5.17. The SMILES string of the molecule is CC(=O)Cc1cnc2ccc(Br)cc2c1NC1CCC(CN(C)C)CC1. The summed E-state index contributed by atoms with van der Waals surface area (Å²) in [6.07, 6.45) is 7.15. The van der Waals surface area contributed by atoms with Crippen molar-refractivity contribution < 1.29 is 4.79 Å². The zero-order chi connectivity index (χ0) is 18.7. The maximum atomic E-state index is 11.7. The second-order valence-corrected chi connectivity index (χ2v) is 8.74. The van der Waals surface area contributed by atoms with E-state index >= 15 is 0 Å². The number of hydrogen-bond donors (Lipinski definition) is 1. The lowest BCUT2D eigenvalue weighted by Crippen LogP contribution is -2.31. The van der Waals surface area contributed by atoms with E-state index in [0.717, 1.165) is 32.5 Å². The number of nitrogens with one attached hydrogen (secondary N) is 1. The van der Waals surface area contributed by atoms with Crippen molar-refractivity contribution in [2.24, 2.45) is 5.92 Å². The van der Waals surface area contributed by atoms with Gasteiger partial charge in [0.2, 0.25) is 0 Å². The molecule has 1 aromatic heterocycles. The molecule has 0 spiro atoms. The number of hydrogen-bond acceptors (Lipinski definition) is 4. The van der Waals surface area contributed by atoms with E-state index in [9.17, 15) is 4.79 Å². The van der Waals surface area contributed by atoms with Crippen LogP contribution >= 0.6 is 15.9 Å². The van der Waals surface area contributed by atoms with Gasteiger partial charge in [0.1, 0.15) is 5.78 Å². The standard InChI is InChI=1S/C21H28BrN3O/c1-14(26)10-16-12-23-20-9-6-17(22)11-19(20)21(16)24-18-7-4-15(5-8-18)13-25(2)3/h6,9,11-12,15,18H,4-5,7-8,10,13H2,1-3H3,(H,23,24). The number of carbonyl (C=O) groups is 1. The summed E-state index contributed by atoms with van der Waals surface area (Å²) >= 11 is 3.57. The number of carbonyl (C=O) groups excluding carboxylic acids is 1. The third-order valence-corrected chi connectivity index (χ3v) is 5.66. The number of nitrogens with zero attached hydrogens (tertiary/aromatic N) is 2. The lowest BCUT2D eigenvalue weighted by Gasteiger charge is -2.32. The normalized spacial score (nSPS) is 20.5. The number of halogens is 1. The highest BCUT2D eigenvalue weighted by atomic mass is 79.9. The molecule has 5 heteroatoms. The van der Waals surface area contributed by atoms with E-state index in [-0.39, 0.29) is 5.78 Å². The fraction of sp³-hybridized carbons (Fsp3) is 0.524. The van der Waals surface area contributed by atoms with Crippen LogP contribution in [0.3, 0.4) is 0 Å². The lowest BCUT2D eigenvalue weighted by atomic mass is 9.85. The van der Waals surface area contributed by atoms with Gasteiger partial charge >= 0.3 is 0 Å². The average Bonchev–Trinajstić information content (AvgIpc) is 2.58. The smallest absolute Gasteiger partial charge is 0.134 e. The number of pyridine rings is 1. The molecule has 1 aliphatic rings. The lowest BCUT2D eigenvalue weighted by molar-refractivity contribution is -0.116. The first-order chi connectivity index (χ1) is 12.4. The Labute approximate surface area is 164 Å². The van der Waals surface area contributed by atoms with E-state index in [1.165, 1.54) is 32.2 Å². The maximum absolute atomic E-state index is 11.7. The third kappa shape index (κ3) is 4.83. The maximum Gasteiger partial charge on any atom is 0.134 e. The number of anilines is 1. The average molecular weight is 418 g/mol. The van der Waals surface area contributed by atoms with Crippen LogP contribution in [0.2, 0.25) is 0 Å². The van der Waals surface area contributed by atoms with Crippen molar-refractivity contribution >= 4 is 38.3 Å². The van der Waals surface area contributed by atoms with E-state index in [2.05, 4.69) is 51.3 Å². The molecule has 0 radical (unpaired) electrons. The van der Waals surface area contributed by atoms with E-state index < -0.39 is 0 Å². The predicted molar refractivity (Wildman–Crippen MR) is 112 cm³/mol. The zero-order valence-corrected chi connectivity index (χ0v) is 17.5. The van der Waals surface area contributed by atoms with E-state index in [1.54, 1.807) is 6.92 Å². The summed E-state index contributed by atoms with van der Waals surface area (Å²) in [6, 6.07) is 6.60. The molecule has 2 aromatic rings. The van der Waals surface area contributed by atoms with Crippen molar-refractivity contribution in [3.63, 3.8) is 0 Å². The molecule has 140 valence electrons. The summed E-state index contributed by atoms with van der Waals surface area (Å²) in [7, 11) is 4.30. The largest absolute Gasteiger partial charge is 0.381 e. The summed E-state index contributed by atoms with van der Waals surface area (Å²) in [5.74, 6) is 0.960. The highest BCUT2D eigenvalue weighted by Gasteiger charge is 2.23. The summed E-state index contributed by atoms with van der Waals surface area (Å²) < 4.78 is 1.03. The van der Waals surface area contributed by atoms with Gasteiger partial charge in [0.25, 0.3) is 0 Å². The second-order valence-electron chi connectivity index (χ2n) is 7.82. The minimum absolute atomic E-state index is 0.166. The summed E-state index contributed by atoms with van der Waals surface area (Å²) in [6.45, 7) is 2.81. The van der Waals surface area contributed by atoms with Gasteiger partial charge in [-0.2, -0.15) is 0 Å². The van der Waals surface area contributed by atoms with Crippen LogP contribution in [0.4, 0.5) is 5.69 Å². The van der Waals surface area contributed by atoms with Gasteiger partial charge in [-0.15, -0.1) is 0 Å². The Kier molecular flexibility index (Phi) is 6.30. The van der Waals surface area contributed by atoms with Gasteiger partial charge in [0, 0.05) is 46.3 Å². The molecular formula is C21H28BrN3O. The minimum Gasteiger partial charge on any atom is -0.381 e. The molecule has 1 fully saturated rings. The summed E-state index contributed by atoms with van der Waals surface area (Å²) in [4.78, 5) is 18.6. The van der Waals surface area contributed by atoms with Crippen LogP contribution in [0, 0.1) is 5.92 Å². The van der Waals surface area contributed by atoms with Crippen LogP contribution in [0.5, 0.6) is 0 Å². The van der Waals surface area contributed by atoms with Gasteiger partial charge in [-0.3, -0.25) is 9.78 Å².